The number of anilines is 1. The summed E-state index contributed by atoms with van der Waals surface area (Å²) in [4.78, 5) is 48.0. The van der Waals surface area contributed by atoms with Gasteiger partial charge in [0.1, 0.15) is 29.0 Å². The largest absolute Gasteiger partial charge is 0.444 e. The van der Waals surface area contributed by atoms with Crippen molar-refractivity contribution in [1.82, 2.24) is 29.8 Å². The zero-order valence-electron chi connectivity index (χ0n) is 26.4. The van der Waals surface area contributed by atoms with E-state index in [-0.39, 0.29) is 24.3 Å². The van der Waals surface area contributed by atoms with Gasteiger partial charge in [0.25, 0.3) is 0 Å². The number of likely N-dealkylation sites (tertiary alicyclic amines) is 2. The second-order valence-electron chi connectivity index (χ2n) is 13.6. The highest BCUT2D eigenvalue weighted by Gasteiger charge is 2.71. The number of hydrogen-bond acceptors (Lipinski definition) is 9. The Hall–Kier alpha value is -5.06. The zero-order chi connectivity index (χ0) is 33.1. The van der Waals surface area contributed by atoms with Gasteiger partial charge in [0.2, 0.25) is 5.91 Å². The Balaban J connectivity index is 0.998. The van der Waals surface area contributed by atoms with Gasteiger partial charge in [-0.05, 0) is 57.9 Å². The number of nitrogens with zero attached hydrogens (tertiary/aromatic N) is 8. The number of carbonyl (C=O) groups excluding carboxylic acids is 3. The van der Waals surface area contributed by atoms with Crippen LogP contribution in [-0.2, 0) is 26.2 Å². The molecule has 244 valence electrons. The Bertz CT molecular complexity index is 1740. The molecule has 3 aromatic rings. The molecule has 5 heterocycles. The maximum Gasteiger partial charge on any atom is 0.414 e. The number of amides is 3. The van der Waals surface area contributed by atoms with Crippen LogP contribution in [0.4, 0.5) is 19.7 Å². The second-order valence-corrected chi connectivity index (χ2v) is 13.6. The summed E-state index contributed by atoms with van der Waals surface area (Å²) < 4.78 is 27.9. The third-order valence-corrected chi connectivity index (χ3v) is 9.54. The van der Waals surface area contributed by atoms with Crippen molar-refractivity contribution in [3.63, 3.8) is 0 Å². The monoisotopic (exact) mass is 642 g/mol. The van der Waals surface area contributed by atoms with E-state index < -0.39 is 41.2 Å². The molecule has 0 bridgehead atoms. The van der Waals surface area contributed by atoms with E-state index in [1.54, 1.807) is 67.0 Å². The summed E-state index contributed by atoms with van der Waals surface area (Å²) in [5, 5.41) is 17.9. The van der Waals surface area contributed by atoms with Crippen LogP contribution >= 0.6 is 0 Å². The standard InChI is InChI=1S/C33H35FN8O5/c1-32(2,3)47-31(45)41-11-4-5-27(41)29(43)39-17-24-25(18-39)33(24,19-35)28-9-6-20(14-36-28)23-8-7-21(13-26(23)34)42-16-22(46-30(42)44)15-40-12-10-37-38-40/h6-10,12-14,22,24-25,27H,4-5,11,15-18H2,1-3H3/t22-,24-,25+,27-,33?/m0/s1. The van der Waals surface area contributed by atoms with E-state index >= 15 is 4.39 Å². The lowest BCUT2D eigenvalue weighted by Crippen LogP contribution is -2.49. The number of pyridine rings is 1. The van der Waals surface area contributed by atoms with Gasteiger partial charge in [-0.2, -0.15) is 5.26 Å². The van der Waals surface area contributed by atoms with E-state index in [1.807, 2.05) is 0 Å². The number of ether oxygens (including phenoxy) is 2. The molecule has 1 unspecified atom stereocenters. The topological polar surface area (TPSA) is 147 Å². The van der Waals surface area contributed by atoms with Crippen LogP contribution in [0.15, 0.2) is 48.9 Å². The first kappa shape index (κ1) is 30.6. The number of fused-ring (bicyclic) bond motifs is 1. The van der Waals surface area contributed by atoms with Crippen molar-refractivity contribution in [2.45, 2.75) is 63.3 Å². The van der Waals surface area contributed by atoms with Crippen molar-refractivity contribution in [3.8, 4) is 17.2 Å². The highest BCUT2D eigenvalue weighted by Crippen LogP contribution is 2.63. The molecule has 1 saturated carbocycles. The van der Waals surface area contributed by atoms with Gasteiger partial charge in [-0.1, -0.05) is 11.3 Å². The number of nitriles is 1. The summed E-state index contributed by atoms with van der Waals surface area (Å²) in [7, 11) is 0. The Morgan fingerprint density at radius 1 is 1.17 bits per heavy atom. The molecule has 3 aliphatic heterocycles. The Morgan fingerprint density at radius 2 is 1.96 bits per heavy atom. The first-order valence-electron chi connectivity index (χ1n) is 15.8. The summed E-state index contributed by atoms with van der Waals surface area (Å²) in [5.74, 6) is -0.779. The number of carbonyl (C=O) groups is 3. The van der Waals surface area contributed by atoms with E-state index in [0.717, 1.165) is 6.42 Å². The van der Waals surface area contributed by atoms with Gasteiger partial charge in [-0.3, -0.25) is 19.6 Å². The van der Waals surface area contributed by atoms with Crippen molar-refractivity contribution >= 4 is 23.8 Å². The van der Waals surface area contributed by atoms with Gasteiger partial charge in [0.05, 0.1) is 36.7 Å². The van der Waals surface area contributed by atoms with Gasteiger partial charge in [0, 0.05) is 55.0 Å². The van der Waals surface area contributed by atoms with Gasteiger partial charge in [0.15, 0.2) is 0 Å². The molecule has 14 heteroatoms. The lowest BCUT2D eigenvalue weighted by atomic mass is 9.95. The van der Waals surface area contributed by atoms with Crippen molar-refractivity contribution in [1.29, 1.82) is 5.26 Å². The lowest BCUT2D eigenvalue weighted by molar-refractivity contribution is -0.135. The first-order chi connectivity index (χ1) is 22.5. The number of piperidine rings is 1. The molecule has 0 radical (unpaired) electrons. The fourth-order valence-electron chi connectivity index (χ4n) is 7.26. The fourth-order valence-corrected chi connectivity index (χ4v) is 7.26. The molecule has 13 nitrogen and oxygen atoms in total. The maximum absolute atomic E-state index is 15.4. The molecular weight excluding hydrogens is 607 g/mol. The van der Waals surface area contributed by atoms with Crippen LogP contribution in [-0.4, -0.2) is 91.8 Å². The third kappa shape index (κ3) is 5.43. The number of aromatic nitrogens is 4. The first-order valence-corrected chi connectivity index (χ1v) is 15.8. The molecule has 4 aliphatic rings. The molecule has 3 saturated heterocycles. The van der Waals surface area contributed by atoms with Crippen molar-refractivity contribution < 1.29 is 28.2 Å². The SMILES string of the molecule is CC(C)(C)OC(=O)N1CCC[C@H]1C(=O)N1C[C@@H]2[C@H](C1)C2(C#N)c1ccc(-c2ccc(N3C[C@H](Cn4ccnn4)OC3=O)cc2F)cn1. The molecule has 7 rings (SSSR count). The van der Waals surface area contributed by atoms with Crippen LogP contribution in [0.1, 0.15) is 39.3 Å². The minimum Gasteiger partial charge on any atom is -0.444 e. The highest BCUT2D eigenvalue weighted by atomic mass is 19.1. The van der Waals surface area contributed by atoms with Crippen molar-refractivity contribution in [2.75, 3.05) is 31.1 Å². The van der Waals surface area contributed by atoms with Crippen LogP contribution in [0.3, 0.4) is 0 Å². The predicted octanol–water partition coefficient (Wildman–Crippen LogP) is 3.75. The molecular formula is C33H35FN8O5. The summed E-state index contributed by atoms with van der Waals surface area (Å²) in [5.41, 5.74) is 0.339. The summed E-state index contributed by atoms with van der Waals surface area (Å²) in [6.45, 7) is 7.28. The second kappa shape index (κ2) is 11.3. The normalized spacial score (nSPS) is 26.6. The number of benzene rings is 1. The Morgan fingerprint density at radius 3 is 2.60 bits per heavy atom. The molecule has 5 atom stereocenters. The quantitative estimate of drug-likeness (QED) is 0.392. The average molecular weight is 643 g/mol. The van der Waals surface area contributed by atoms with Crippen LogP contribution in [0, 0.1) is 29.0 Å². The molecule has 3 amide bonds. The van der Waals surface area contributed by atoms with E-state index in [9.17, 15) is 19.6 Å². The smallest absolute Gasteiger partial charge is 0.414 e. The minimum absolute atomic E-state index is 0.0733. The van der Waals surface area contributed by atoms with E-state index in [0.29, 0.717) is 55.1 Å². The summed E-state index contributed by atoms with van der Waals surface area (Å²) in [6, 6.07) is 9.95. The van der Waals surface area contributed by atoms with Gasteiger partial charge in [-0.25, -0.2) is 18.7 Å². The van der Waals surface area contributed by atoms with Gasteiger partial charge >= 0.3 is 12.2 Å². The Kier molecular flexibility index (Phi) is 7.37. The molecule has 4 fully saturated rings. The average Bonchev–Trinajstić information content (AvgIpc) is 3.70. The van der Waals surface area contributed by atoms with E-state index in [2.05, 4.69) is 21.4 Å². The highest BCUT2D eigenvalue weighted by molar-refractivity contribution is 5.90. The zero-order valence-corrected chi connectivity index (χ0v) is 26.4. The molecule has 1 aromatic carbocycles. The summed E-state index contributed by atoms with van der Waals surface area (Å²) >= 11 is 0. The van der Waals surface area contributed by atoms with Crippen LogP contribution < -0.4 is 4.90 Å². The fraction of sp³-hybridized carbons (Fsp3) is 0.485. The number of hydrogen-bond donors (Lipinski definition) is 0. The number of cyclic esters (lactones) is 1. The molecule has 1 aliphatic carbocycles. The Labute approximate surface area is 270 Å². The molecule has 0 spiro atoms. The third-order valence-electron chi connectivity index (χ3n) is 9.54. The molecule has 0 N–H and O–H groups in total. The molecule has 47 heavy (non-hydrogen) atoms. The lowest BCUT2D eigenvalue weighted by Gasteiger charge is -2.31. The van der Waals surface area contributed by atoms with Crippen molar-refractivity contribution in [3.05, 3.63) is 60.4 Å². The maximum atomic E-state index is 15.4. The van der Waals surface area contributed by atoms with E-state index in [1.165, 1.54) is 22.1 Å². The van der Waals surface area contributed by atoms with Crippen molar-refractivity contribution in [2.24, 2.45) is 11.8 Å². The van der Waals surface area contributed by atoms with E-state index in [4.69, 9.17) is 9.47 Å². The number of rotatable bonds is 6. The summed E-state index contributed by atoms with van der Waals surface area (Å²) in [6.07, 6.45) is 4.59. The minimum atomic E-state index is -0.822. The van der Waals surface area contributed by atoms with Crippen LogP contribution in [0.5, 0.6) is 0 Å². The van der Waals surface area contributed by atoms with Crippen LogP contribution in [0.2, 0.25) is 0 Å². The predicted molar refractivity (Wildman–Crippen MR) is 164 cm³/mol. The molecule has 2 aromatic heterocycles. The van der Waals surface area contributed by atoms with Gasteiger partial charge in [-0.15, -0.1) is 5.10 Å². The van der Waals surface area contributed by atoms with Gasteiger partial charge < -0.3 is 14.4 Å². The van der Waals surface area contributed by atoms with Crippen LogP contribution in [0.25, 0.3) is 11.1 Å². The number of halogens is 1.